The van der Waals surface area contributed by atoms with E-state index in [4.69, 9.17) is 10.1 Å². The summed E-state index contributed by atoms with van der Waals surface area (Å²) in [6.07, 6.45) is 2.01. The molecule has 0 fully saturated rings. The number of rotatable bonds is 3. The Kier molecular flexibility index (Phi) is 3.39. The van der Waals surface area contributed by atoms with Gasteiger partial charge in [-0.2, -0.15) is 0 Å². The second kappa shape index (κ2) is 5.46. The van der Waals surface area contributed by atoms with Crippen LogP contribution in [0.1, 0.15) is 35.7 Å². The van der Waals surface area contributed by atoms with Gasteiger partial charge in [0.25, 0.3) is 0 Å². The molecule has 2 aromatic carbocycles. The monoisotopic (exact) mass is 336 g/mol. The molecule has 1 N–H and O–H groups in total. The molecule has 0 bridgehead atoms. The standard InChI is InChI=1S/C19H16N2O2S/c1-11(2)12-3-5-13(6-4-12)15-10-21-16-8-7-14(18(22)23)9-17(16)24-19(21)20-15/h3-11H,1-2H3,(H,22,23). The highest BCUT2D eigenvalue weighted by Gasteiger charge is 2.12. The fourth-order valence-electron chi connectivity index (χ4n) is 2.81. The summed E-state index contributed by atoms with van der Waals surface area (Å²) in [6, 6.07) is 13.7. The minimum absolute atomic E-state index is 0.302. The van der Waals surface area contributed by atoms with Crippen LogP contribution in [-0.4, -0.2) is 20.5 Å². The van der Waals surface area contributed by atoms with E-state index in [1.165, 1.54) is 16.9 Å². The molecule has 4 aromatic rings. The van der Waals surface area contributed by atoms with Gasteiger partial charge >= 0.3 is 5.97 Å². The van der Waals surface area contributed by atoms with Crippen molar-refractivity contribution >= 4 is 32.5 Å². The maximum absolute atomic E-state index is 11.1. The normalized spacial score (nSPS) is 11.6. The molecule has 0 amide bonds. The minimum atomic E-state index is -0.908. The van der Waals surface area contributed by atoms with Crippen molar-refractivity contribution in [1.82, 2.24) is 9.38 Å². The number of fused-ring (bicyclic) bond motifs is 3. The SMILES string of the molecule is CC(C)c1ccc(-c2cn3c(n2)sc2cc(C(=O)O)ccc23)cc1. The number of hydrogen-bond donors (Lipinski definition) is 1. The summed E-state index contributed by atoms with van der Waals surface area (Å²) in [5.41, 5.74) is 4.62. The third-order valence-corrected chi connectivity index (χ3v) is 5.23. The van der Waals surface area contributed by atoms with E-state index in [0.29, 0.717) is 11.5 Å². The number of carboxylic acids is 1. The number of imidazole rings is 1. The zero-order valence-electron chi connectivity index (χ0n) is 13.4. The smallest absolute Gasteiger partial charge is 0.335 e. The van der Waals surface area contributed by atoms with E-state index in [2.05, 4.69) is 38.1 Å². The first-order valence-corrected chi connectivity index (χ1v) is 8.60. The largest absolute Gasteiger partial charge is 0.478 e. The zero-order chi connectivity index (χ0) is 16.8. The topological polar surface area (TPSA) is 54.6 Å². The zero-order valence-corrected chi connectivity index (χ0v) is 14.2. The predicted octanol–water partition coefficient (Wildman–Crippen LogP) is 5.04. The van der Waals surface area contributed by atoms with Crippen molar-refractivity contribution < 1.29 is 9.90 Å². The summed E-state index contributed by atoms with van der Waals surface area (Å²) in [7, 11) is 0. The predicted molar refractivity (Wildman–Crippen MR) is 97.1 cm³/mol. The first-order valence-electron chi connectivity index (χ1n) is 7.78. The molecule has 0 aliphatic carbocycles. The Labute approximate surface area is 143 Å². The van der Waals surface area contributed by atoms with E-state index >= 15 is 0 Å². The average molecular weight is 336 g/mol. The van der Waals surface area contributed by atoms with Gasteiger partial charge in [0.2, 0.25) is 0 Å². The summed E-state index contributed by atoms with van der Waals surface area (Å²) in [4.78, 5) is 16.7. The molecule has 2 heterocycles. The fourth-order valence-corrected chi connectivity index (χ4v) is 3.86. The Bertz CT molecular complexity index is 1060. The van der Waals surface area contributed by atoms with Crippen molar-refractivity contribution in [2.45, 2.75) is 19.8 Å². The molecule has 2 aromatic heterocycles. The lowest BCUT2D eigenvalue weighted by atomic mass is 10.0. The average Bonchev–Trinajstić information content (AvgIpc) is 3.11. The van der Waals surface area contributed by atoms with E-state index in [-0.39, 0.29) is 0 Å². The molecular formula is C19H16N2O2S. The Morgan fingerprint density at radius 1 is 1.17 bits per heavy atom. The Balaban J connectivity index is 1.79. The summed E-state index contributed by atoms with van der Waals surface area (Å²) in [6.45, 7) is 4.36. The molecule has 0 spiro atoms. The first kappa shape index (κ1) is 14.9. The molecule has 4 nitrogen and oxygen atoms in total. The number of nitrogens with zero attached hydrogens (tertiary/aromatic N) is 2. The molecule has 24 heavy (non-hydrogen) atoms. The van der Waals surface area contributed by atoms with Gasteiger partial charge in [-0.1, -0.05) is 49.4 Å². The van der Waals surface area contributed by atoms with Gasteiger partial charge in [-0.05, 0) is 29.7 Å². The Hall–Kier alpha value is -2.66. The molecule has 0 saturated heterocycles. The maximum Gasteiger partial charge on any atom is 0.335 e. The Morgan fingerprint density at radius 2 is 1.92 bits per heavy atom. The van der Waals surface area contributed by atoms with Crippen molar-refractivity contribution in [2.75, 3.05) is 0 Å². The fraction of sp³-hybridized carbons (Fsp3) is 0.158. The molecule has 4 rings (SSSR count). The van der Waals surface area contributed by atoms with Crippen LogP contribution in [0.25, 0.3) is 26.4 Å². The number of thiazole rings is 1. The number of carbonyl (C=O) groups is 1. The van der Waals surface area contributed by atoms with Crippen LogP contribution in [0.4, 0.5) is 0 Å². The summed E-state index contributed by atoms with van der Waals surface area (Å²) in [5.74, 6) is -0.397. The third-order valence-electron chi connectivity index (χ3n) is 4.21. The van der Waals surface area contributed by atoms with E-state index in [9.17, 15) is 4.79 Å². The van der Waals surface area contributed by atoms with Crippen LogP contribution in [0.3, 0.4) is 0 Å². The molecule has 0 radical (unpaired) electrons. The van der Waals surface area contributed by atoms with E-state index in [1.807, 2.05) is 16.7 Å². The molecule has 120 valence electrons. The van der Waals surface area contributed by atoms with Crippen molar-refractivity contribution in [2.24, 2.45) is 0 Å². The van der Waals surface area contributed by atoms with E-state index < -0.39 is 5.97 Å². The van der Waals surface area contributed by atoms with Crippen molar-refractivity contribution in [3.05, 3.63) is 59.8 Å². The van der Waals surface area contributed by atoms with Crippen LogP contribution in [0.15, 0.2) is 48.7 Å². The van der Waals surface area contributed by atoms with Crippen molar-refractivity contribution in [3.63, 3.8) is 0 Å². The molecule has 0 unspecified atom stereocenters. The van der Waals surface area contributed by atoms with Gasteiger partial charge < -0.3 is 5.11 Å². The number of benzene rings is 2. The lowest BCUT2D eigenvalue weighted by Crippen LogP contribution is -1.94. The maximum atomic E-state index is 11.1. The second-order valence-corrected chi connectivity index (χ2v) is 7.15. The van der Waals surface area contributed by atoms with Crippen LogP contribution in [-0.2, 0) is 0 Å². The Morgan fingerprint density at radius 3 is 2.58 bits per heavy atom. The number of aromatic nitrogens is 2. The quantitative estimate of drug-likeness (QED) is 0.570. The highest BCUT2D eigenvalue weighted by molar-refractivity contribution is 7.23. The van der Waals surface area contributed by atoms with E-state index in [1.54, 1.807) is 12.1 Å². The van der Waals surface area contributed by atoms with Crippen LogP contribution in [0.2, 0.25) is 0 Å². The highest BCUT2D eigenvalue weighted by atomic mass is 32.1. The van der Waals surface area contributed by atoms with Gasteiger partial charge in [0.05, 0.1) is 21.5 Å². The summed E-state index contributed by atoms with van der Waals surface area (Å²) < 4.78 is 2.95. The van der Waals surface area contributed by atoms with Crippen LogP contribution >= 0.6 is 11.3 Å². The summed E-state index contributed by atoms with van der Waals surface area (Å²) >= 11 is 1.51. The van der Waals surface area contributed by atoms with Gasteiger partial charge in [0.15, 0.2) is 4.96 Å². The molecule has 0 saturated carbocycles. The van der Waals surface area contributed by atoms with Crippen LogP contribution in [0, 0.1) is 0 Å². The number of hydrogen-bond acceptors (Lipinski definition) is 3. The minimum Gasteiger partial charge on any atom is -0.478 e. The van der Waals surface area contributed by atoms with Gasteiger partial charge in [-0.15, -0.1) is 0 Å². The van der Waals surface area contributed by atoms with Gasteiger partial charge in [-0.25, -0.2) is 9.78 Å². The molecule has 0 atom stereocenters. The second-order valence-electron chi connectivity index (χ2n) is 6.15. The van der Waals surface area contributed by atoms with Gasteiger partial charge in [-0.3, -0.25) is 4.40 Å². The summed E-state index contributed by atoms with van der Waals surface area (Å²) in [5, 5.41) is 9.11. The molecule has 0 aliphatic rings. The number of aromatic carboxylic acids is 1. The molecule has 0 aliphatic heterocycles. The van der Waals surface area contributed by atoms with Crippen molar-refractivity contribution in [3.8, 4) is 11.3 Å². The van der Waals surface area contributed by atoms with Crippen LogP contribution < -0.4 is 0 Å². The van der Waals surface area contributed by atoms with Crippen LogP contribution in [0.5, 0.6) is 0 Å². The number of carboxylic acid groups (broad SMARTS) is 1. The first-order chi connectivity index (χ1) is 11.5. The molecular weight excluding hydrogens is 320 g/mol. The lowest BCUT2D eigenvalue weighted by molar-refractivity contribution is 0.0697. The molecule has 5 heteroatoms. The van der Waals surface area contributed by atoms with Gasteiger partial charge in [0, 0.05) is 11.8 Å². The lowest BCUT2D eigenvalue weighted by Gasteiger charge is -2.05. The van der Waals surface area contributed by atoms with E-state index in [0.717, 1.165) is 26.4 Å². The third kappa shape index (κ3) is 2.37. The van der Waals surface area contributed by atoms with Crippen molar-refractivity contribution in [1.29, 1.82) is 0 Å². The highest BCUT2D eigenvalue weighted by Crippen LogP contribution is 2.30. The van der Waals surface area contributed by atoms with Gasteiger partial charge in [0.1, 0.15) is 0 Å².